The maximum Gasteiger partial charge on any atom is 0.419 e. The Hall–Kier alpha value is -1.49. The fraction of sp³-hybridized carbons (Fsp3) is 0.125. The molecule has 2 N–H and O–H groups in total. The maximum atomic E-state index is 10.7. The number of aryl methyl sites for hydroxylation is 1. The Labute approximate surface area is 77.5 Å². The van der Waals surface area contributed by atoms with Crippen LogP contribution in [0.2, 0.25) is 0 Å². The summed E-state index contributed by atoms with van der Waals surface area (Å²) < 4.78 is 4.76. The lowest BCUT2D eigenvalue weighted by Gasteiger charge is -1.88. The summed E-state index contributed by atoms with van der Waals surface area (Å²) in [5.41, 5.74) is 0. The van der Waals surface area contributed by atoms with Gasteiger partial charge in [-0.05, 0) is 19.1 Å². The summed E-state index contributed by atoms with van der Waals surface area (Å²) in [6, 6.07) is 3.69. The molecule has 0 radical (unpaired) electrons. The number of hydrogen-bond donors (Lipinski definition) is 2. The Balaban J connectivity index is 2.58. The van der Waals surface area contributed by atoms with Gasteiger partial charge in [-0.3, -0.25) is 4.98 Å². The van der Waals surface area contributed by atoms with Crippen LogP contribution in [-0.4, -0.2) is 10.1 Å². The van der Waals surface area contributed by atoms with Crippen molar-refractivity contribution in [3.63, 3.8) is 0 Å². The summed E-state index contributed by atoms with van der Waals surface area (Å²) in [5.74, 6) is -0.645. The lowest BCUT2D eigenvalue weighted by molar-refractivity contribution is 0.453. The molecule has 0 aliphatic rings. The zero-order valence-corrected chi connectivity index (χ0v) is 7.64. The van der Waals surface area contributed by atoms with Crippen molar-refractivity contribution in [2.24, 2.45) is 0 Å². The number of nitrogens with one attached hydrogen (secondary N) is 1. The SMILES string of the molecule is Cc1ccc(-c2oc(=O)[nH]c2O)s1. The highest BCUT2D eigenvalue weighted by Gasteiger charge is 2.12. The van der Waals surface area contributed by atoms with Gasteiger partial charge in [0.2, 0.25) is 11.6 Å². The summed E-state index contributed by atoms with van der Waals surface area (Å²) >= 11 is 1.46. The molecule has 5 heteroatoms. The van der Waals surface area contributed by atoms with E-state index in [0.29, 0.717) is 0 Å². The van der Waals surface area contributed by atoms with Gasteiger partial charge >= 0.3 is 5.76 Å². The minimum atomic E-state index is -0.640. The van der Waals surface area contributed by atoms with Crippen molar-refractivity contribution in [3.8, 4) is 16.5 Å². The number of H-pyrrole nitrogens is 1. The smallest absolute Gasteiger partial charge is 0.419 e. The third-order valence-electron chi connectivity index (χ3n) is 1.59. The second-order valence-electron chi connectivity index (χ2n) is 2.60. The first-order chi connectivity index (χ1) is 6.16. The van der Waals surface area contributed by atoms with Gasteiger partial charge < -0.3 is 9.52 Å². The van der Waals surface area contributed by atoms with Gasteiger partial charge in [0, 0.05) is 4.88 Å². The molecule has 0 aliphatic heterocycles. The normalized spacial score (nSPS) is 10.5. The minimum Gasteiger partial charge on any atom is -0.492 e. The van der Waals surface area contributed by atoms with E-state index in [4.69, 9.17) is 4.42 Å². The first-order valence-electron chi connectivity index (χ1n) is 3.65. The molecule has 0 unspecified atom stereocenters. The van der Waals surface area contributed by atoms with Crippen LogP contribution in [0.1, 0.15) is 4.88 Å². The zero-order chi connectivity index (χ0) is 9.42. The number of oxazole rings is 1. The van der Waals surface area contributed by atoms with Crippen LogP contribution in [0.5, 0.6) is 5.88 Å². The fourth-order valence-electron chi connectivity index (χ4n) is 1.04. The highest BCUT2D eigenvalue weighted by molar-refractivity contribution is 7.15. The van der Waals surface area contributed by atoms with Gasteiger partial charge in [-0.2, -0.15) is 0 Å². The Morgan fingerprint density at radius 3 is 2.77 bits per heavy atom. The van der Waals surface area contributed by atoms with E-state index in [1.807, 2.05) is 13.0 Å². The molecule has 0 saturated heterocycles. The zero-order valence-electron chi connectivity index (χ0n) is 6.83. The van der Waals surface area contributed by atoms with Gasteiger partial charge in [0.1, 0.15) is 0 Å². The summed E-state index contributed by atoms with van der Waals surface area (Å²) in [5, 5.41) is 9.25. The number of hydrogen-bond acceptors (Lipinski definition) is 4. The molecular formula is C8H7NO3S. The average molecular weight is 197 g/mol. The Morgan fingerprint density at radius 1 is 1.54 bits per heavy atom. The van der Waals surface area contributed by atoms with Crippen molar-refractivity contribution in [2.75, 3.05) is 0 Å². The van der Waals surface area contributed by atoms with Gasteiger partial charge in [0.05, 0.1) is 4.88 Å². The number of thiophene rings is 1. The van der Waals surface area contributed by atoms with E-state index in [1.165, 1.54) is 11.3 Å². The Morgan fingerprint density at radius 2 is 2.31 bits per heavy atom. The quantitative estimate of drug-likeness (QED) is 0.731. The van der Waals surface area contributed by atoms with Crippen LogP contribution in [-0.2, 0) is 0 Å². The molecule has 0 spiro atoms. The van der Waals surface area contributed by atoms with Crippen LogP contribution >= 0.6 is 11.3 Å². The van der Waals surface area contributed by atoms with Crippen molar-refractivity contribution in [1.29, 1.82) is 0 Å². The first kappa shape index (κ1) is 8.12. The monoisotopic (exact) mass is 197 g/mol. The molecule has 0 fully saturated rings. The molecule has 0 atom stereocenters. The molecule has 68 valence electrons. The predicted molar refractivity (Wildman–Crippen MR) is 49.0 cm³/mol. The minimum absolute atomic E-state index is 0.211. The molecule has 0 bridgehead atoms. The van der Waals surface area contributed by atoms with Crippen molar-refractivity contribution in [2.45, 2.75) is 6.92 Å². The Kier molecular flexibility index (Phi) is 1.73. The lowest BCUT2D eigenvalue weighted by atomic mass is 10.4. The molecule has 4 nitrogen and oxygen atoms in total. The van der Waals surface area contributed by atoms with E-state index in [1.54, 1.807) is 6.07 Å². The van der Waals surface area contributed by atoms with E-state index in [-0.39, 0.29) is 11.6 Å². The summed E-state index contributed by atoms with van der Waals surface area (Å²) in [6.07, 6.45) is 0. The molecule has 2 aromatic rings. The van der Waals surface area contributed by atoms with Crippen LogP contribution in [0.15, 0.2) is 21.3 Å². The second kappa shape index (κ2) is 2.77. The second-order valence-corrected chi connectivity index (χ2v) is 3.89. The van der Waals surface area contributed by atoms with E-state index in [9.17, 15) is 9.90 Å². The standard InChI is InChI=1S/C8H7NO3S/c1-4-2-3-5(13-4)6-7(10)9-8(11)12-6/h2-3,10H,1H3,(H,9,11). The first-order valence-corrected chi connectivity index (χ1v) is 4.47. The van der Waals surface area contributed by atoms with Gasteiger partial charge in [-0.1, -0.05) is 0 Å². The van der Waals surface area contributed by atoms with Crippen LogP contribution in [0, 0.1) is 6.92 Å². The van der Waals surface area contributed by atoms with E-state index < -0.39 is 5.76 Å². The van der Waals surface area contributed by atoms with Crippen LogP contribution < -0.4 is 5.76 Å². The highest BCUT2D eigenvalue weighted by atomic mass is 32.1. The largest absolute Gasteiger partial charge is 0.492 e. The molecule has 0 amide bonds. The van der Waals surface area contributed by atoms with Crippen LogP contribution in [0.3, 0.4) is 0 Å². The number of rotatable bonds is 1. The van der Waals surface area contributed by atoms with Crippen molar-refractivity contribution in [3.05, 3.63) is 27.6 Å². The molecule has 13 heavy (non-hydrogen) atoms. The summed E-state index contributed by atoms with van der Waals surface area (Å²) in [4.78, 5) is 14.7. The molecule has 2 heterocycles. The van der Waals surface area contributed by atoms with E-state index >= 15 is 0 Å². The third kappa shape index (κ3) is 1.38. The van der Waals surface area contributed by atoms with Crippen LogP contribution in [0.4, 0.5) is 0 Å². The summed E-state index contributed by atoms with van der Waals surface area (Å²) in [7, 11) is 0. The van der Waals surface area contributed by atoms with Gasteiger partial charge in [-0.15, -0.1) is 11.3 Å². The molecule has 0 aromatic carbocycles. The van der Waals surface area contributed by atoms with Gasteiger partial charge in [-0.25, -0.2) is 4.79 Å². The molecule has 0 saturated carbocycles. The predicted octanol–water partition coefficient (Wildman–Crippen LogP) is 1.71. The highest BCUT2D eigenvalue weighted by Crippen LogP contribution is 2.31. The third-order valence-corrected chi connectivity index (χ3v) is 2.59. The molecule has 2 rings (SSSR count). The molecule has 2 aromatic heterocycles. The average Bonchev–Trinajstić information content (AvgIpc) is 2.58. The number of aromatic hydroxyl groups is 1. The van der Waals surface area contributed by atoms with E-state index in [2.05, 4.69) is 4.98 Å². The van der Waals surface area contributed by atoms with Gasteiger partial charge in [0.15, 0.2) is 0 Å². The van der Waals surface area contributed by atoms with Crippen molar-refractivity contribution >= 4 is 11.3 Å². The van der Waals surface area contributed by atoms with Crippen molar-refractivity contribution in [1.82, 2.24) is 4.98 Å². The lowest BCUT2D eigenvalue weighted by Crippen LogP contribution is -1.92. The maximum absolute atomic E-state index is 10.7. The number of aromatic nitrogens is 1. The molecule has 0 aliphatic carbocycles. The van der Waals surface area contributed by atoms with Crippen molar-refractivity contribution < 1.29 is 9.52 Å². The number of aromatic amines is 1. The van der Waals surface area contributed by atoms with E-state index in [0.717, 1.165) is 9.75 Å². The topological polar surface area (TPSA) is 66.2 Å². The van der Waals surface area contributed by atoms with Gasteiger partial charge in [0.25, 0.3) is 0 Å². The van der Waals surface area contributed by atoms with Crippen LogP contribution in [0.25, 0.3) is 10.6 Å². The molecular weight excluding hydrogens is 190 g/mol. The fourth-order valence-corrected chi connectivity index (χ4v) is 1.89. The Bertz CT molecular complexity index is 480. The summed E-state index contributed by atoms with van der Waals surface area (Å²) in [6.45, 7) is 1.94.